The summed E-state index contributed by atoms with van der Waals surface area (Å²) in [7, 11) is 9.43. The minimum atomic E-state index is -4.78. The van der Waals surface area contributed by atoms with E-state index in [1.165, 1.54) is 87.1 Å². The lowest BCUT2D eigenvalue weighted by Crippen LogP contribution is -2.65. The van der Waals surface area contributed by atoms with Crippen molar-refractivity contribution in [1.82, 2.24) is 60.0 Å². The molecule has 1 unspecified atom stereocenters. The monoisotopic (exact) mass is 1410 g/mol. The van der Waals surface area contributed by atoms with Crippen LogP contribution in [0.1, 0.15) is 142 Å². The number of nitrogens with zero attached hydrogens (tertiary/aromatic N) is 9. The first-order valence-electron chi connectivity index (χ1n) is 34.3. The van der Waals surface area contributed by atoms with Gasteiger partial charge in [-0.2, -0.15) is 13.2 Å². The van der Waals surface area contributed by atoms with Gasteiger partial charge in [-0.25, -0.2) is 4.39 Å². The molecule has 3 saturated heterocycles. The number of rotatable bonds is 11. The third kappa shape index (κ3) is 20.2. The van der Waals surface area contributed by atoms with Gasteiger partial charge >= 0.3 is 6.18 Å². The maximum absolute atomic E-state index is 15.4. The molecule has 0 radical (unpaired) electrons. The van der Waals surface area contributed by atoms with E-state index in [-0.39, 0.29) is 69.4 Å². The van der Waals surface area contributed by atoms with Crippen molar-refractivity contribution in [2.75, 3.05) is 88.6 Å². The summed E-state index contributed by atoms with van der Waals surface area (Å²) in [5.74, 6) is -10.6. The maximum atomic E-state index is 15.4. The number of amides is 12. The summed E-state index contributed by atoms with van der Waals surface area (Å²) >= 11 is 6.12. The van der Waals surface area contributed by atoms with Crippen LogP contribution < -0.4 is 16.0 Å². The first kappa shape index (κ1) is 80.1. The Balaban J connectivity index is 1.43. The maximum Gasteiger partial charge on any atom is 0.417 e. The fraction of sp³-hybridized carbons (Fsp3) is 0.657. The van der Waals surface area contributed by atoms with Crippen molar-refractivity contribution in [2.45, 2.75) is 192 Å². The number of likely N-dealkylation sites (N-methyl/N-ethyl adjacent to an activating group) is 7. The number of halogens is 5. The molecule has 2 aromatic carbocycles. The van der Waals surface area contributed by atoms with Gasteiger partial charge in [-0.05, 0) is 117 Å². The Bertz CT molecular complexity index is 3270. The number of hydrogen-bond acceptors (Lipinski definition) is 12. The van der Waals surface area contributed by atoms with Crippen LogP contribution in [0.25, 0.3) is 0 Å². The smallest absolute Gasteiger partial charge is 0.343 e. The van der Waals surface area contributed by atoms with Crippen molar-refractivity contribution in [2.24, 2.45) is 17.8 Å². The van der Waals surface area contributed by atoms with E-state index in [1.807, 2.05) is 13.8 Å². The predicted molar refractivity (Wildman–Crippen MR) is 361 cm³/mol. The van der Waals surface area contributed by atoms with Gasteiger partial charge in [0.05, 0.1) is 36.6 Å². The van der Waals surface area contributed by atoms with Crippen LogP contribution >= 0.6 is 11.6 Å². The zero-order valence-electron chi connectivity index (χ0n) is 59.5. The van der Waals surface area contributed by atoms with E-state index in [0.717, 1.165) is 50.3 Å². The molecule has 548 valence electrons. The largest absolute Gasteiger partial charge is 0.417 e. The van der Waals surface area contributed by atoms with Crippen LogP contribution in [0.5, 0.6) is 0 Å². The fourth-order valence-electron chi connectivity index (χ4n) is 13.7. The van der Waals surface area contributed by atoms with Crippen molar-refractivity contribution in [3.63, 3.8) is 0 Å². The van der Waals surface area contributed by atoms with Gasteiger partial charge in [0.1, 0.15) is 53.6 Å². The number of hydrogen-bond donors (Lipinski definition) is 3. The molecular formula is C70H101ClF4N12O12. The Morgan fingerprint density at radius 2 is 1.23 bits per heavy atom. The Morgan fingerprint density at radius 1 is 0.636 bits per heavy atom. The molecule has 1 spiro atoms. The summed E-state index contributed by atoms with van der Waals surface area (Å²) in [6.07, 6.45) is -1.71. The van der Waals surface area contributed by atoms with Crippen LogP contribution in [0.4, 0.5) is 17.6 Å². The number of aryl methyl sites for hydroxylation is 1. The minimum Gasteiger partial charge on any atom is -0.343 e. The van der Waals surface area contributed by atoms with Crippen LogP contribution in [-0.4, -0.2) is 251 Å². The number of carbonyl (C=O) groups is 12. The highest BCUT2D eigenvalue weighted by Crippen LogP contribution is 2.37. The molecule has 24 nitrogen and oxygen atoms in total. The summed E-state index contributed by atoms with van der Waals surface area (Å²) in [5.41, 5.74) is -2.06. The van der Waals surface area contributed by atoms with Gasteiger partial charge in [0.15, 0.2) is 0 Å². The lowest BCUT2D eigenvalue weighted by atomic mass is 9.91. The molecule has 99 heavy (non-hydrogen) atoms. The molecule has 4 fully saturated rings. The van der Waals surface area contributed by atoms with E-state index in [4.69, 9.17) is 11.6 Å². The van der Waals surface area contributed by atoms with Gasteiger partial charge in [0.25, 0.3) is 0 Å². The van der Waals surface area contributed by atoms with Crippen LogP contribution in [0.2, 0.25) is 5.02 Å². The molecule has 3 N–H and O–H groups in total. The van der Waals surface area contributed by atoms with E-state index < -0.39 is 179 Å². The molecule has 4 aliphatic rings. The average Bonchev–Trinajstić information content (AvgIpc) is 1.77. The van der Waals surface area contributed by atoms with Gasteiger partial charge in [0, 0.05) is 75.4 Å². The van der Waals surface area contributed by atoms with E-state index >= 15 is 14.4 Å². The van der Waals surface area contributed by atoms with Gasteiger partial charge < -0.3 is 60.0 Å². The van der Waals surface area contributed by atoms with Crippen LogP contribution in [0.3, 0.4) is 0 Å². The molecule has 8 atom stereocenters. The second kappa shape index (κ2) is 34.9. The van der Waals surface area contributed by atoms with Gasteiger partial charge in [-0.1, -0.05) is 90.6 Å². The summed E-state index contributed by atoms with van der Waals surface area (Å²) in [6, 6.07) is -1.15. The van der Waals surface area contributed by atoms with Crippen molar-refractivity contribution in [3.8, 4) is 0 Å². The van der Waals surface area contributed by atoms with Crippen molar-refractivity contribution in [3.05, 3.63) is 70.0 Å². The SMILES string of the molecule is CC[C@H](C)[C@@H]1NC(=O)[C@H](CC(C)C)N(C)C(=O)C[C@@H](C(=O)N2CCCCC2)N(C)C(=O)[C@H](C(C)C)N(C)C(=O)C2(CCCC2)NC(=O)C2CCCN2C(=O)[C@H](CCc2ccc(C(F)(F)F)c(Cl)c2)NC(=O)CN(C)C(=O)[C@H](Cc2ccc(F)cc2)N(C)C(=O)CN(C)C(=O)CN(C)C1=O. The van der Waals surface area contributed by atoms with Gasteiger partial charge in [-0.15, -0.1) is 0 Å². The van der Waals surface area contributed by atoms with E-state index in [1.54, 1.807) is 32.6 Å². The highest BCUT2D eigenvalue weighted by molar-refractivity contribution is 6.31. The third-order valence-electron chi connectivity index (χ3n) is 19.9. The number of fused-ring (bicyclic) bond motifs is 1. The molecule has 2 aromatic rings. The molecule has 0 aromatic heterocycles. The Labute approximate surface area is 583 Å². The highest BCUT2D eigenvalue weighted by Gasteiger charge is 2.51. The zero-order valence-corrected chi connectivity index (χ0v) is 60.2. The molecule has 6 rings (SSSR count). The Morgan fingerprint density at radius 3 is 1.82 bits per heavy atom. The molecule has 1 saturated carbocycles. The second-order valence-electron chi connectivity index (χ2n) is 28.1. The summed E-state index contributed by atoms with van der Waals surface area (Å²) in [6.45, 7) is 9.36. The zero-order chi connectivity index (χ0) is 73.7. The Hall–Kier alpha value is -7.91. The topological polar surface area (TPSA) is 270 Å². The molecule has 3 heterocycles. The Kier molecular flexibility index (Phi) is 28.2. The summed E-state index contributed by atoms with van der Waals surface area (Å²) in [4.78, 5) is 188. The first-order chi connectivity index (χ1) is 46.4. The predicted octanol–water partition coefficient (Wildman–Crippen LogP) is 4.91. The normalized spacial score (nSPS) is 24.9. The van der Waals surface area contributed by atoms with Crippen LogP contribution in [0.15, 0.2) is 42.5 Å². The fourth-order valence-corrected chi connectivity index (χ4v) is 14.0. The van der Waals surface area contributed by atoms with E-state index in [0.29, 0.717) is 50.8 Å². The summed E-state index contributed by atoms with van der Waals surface area (Å²) in [5, 5.41) is 7.93. The quantitative estimate of drug-likeness (QED) is 0.253. The van der Waals surface area contributed by atoms with Gasteiger partial charge in [0.2, 0.25) is 70.9 Å². The van der Waals surface area contributed by atoms with Crippen molar-refractivity contribution in [1.29, 1.82) is 0 Å². The second-order valence-corrected chi connectivity index (χ2v) is 28.5. The van der Waals surface area contributed by atoms with E-state index in [9.17, 15) is 60.7 Å². The lowest BCUT2D eigenvalue weighted by molar-refractivity contribution is -0.156. The van der Waals surface area contributed by atoms with Gasteiger partial charge in [-0.3, -0.25) is 57.5 Å². The van der Waals surface area contributed by atoms with Crippen molar-refractivity contribution < 1.29 is 75.1 Å². The number of alkyl halides is 3. The molecular weight excluding hydrogens is 1310 g/mol. The van der Waals surface area contributed by atoms with Crippen molar-refractivity contribution >= 4 is 82.5 Å². The molecule has 1 aliphatic carbocycles. The number of benzene rings is 2. The number of nitrogens with one attached hydrogen (secondary N) is 3. The molecule has 0 bridgehead atoms. The standard InChI is InChI=1S/C70H101ClF4N12O12/c1-14-44(6)59-66(97)81(9)40-57(90)79(7)41-58(91)83(11)53(37-46-22-26-47(72)27-23-46)64(95)80(8)39-55(88)76-50(29-25-45-24-28-48(49(71)36-45)70(73,74)75)63(94)87-34-20-21-51(87)62(93)78-69(30-16-17-31-69)68(99)85(13)60(43(4)5)67(98)84(12)54(65(96)86-32-18-15-19-33-86)38-56(89)82(10)52(35-42(2)3)61(92)77-59/h22-24,26-28,36,42-44,50-54,59-60H,14-21,25,29-35,37-41H2,1-13H3,(H,76,88)(H,77,92)(H,78,93)/t44-,50-,51?,52-,53-,54-,59-,60-/m0/s1. The third-order valence-corrected chi connectivity index (χ3v) is 20.3. The summed E-state index contributed by atoms with van der Waals surface area (Å²) < 4.78 is 55.7. The van der Waals surface area contributed by atoms with Crippen LogP contribution in [0, 0.1) is 23.6 Å². The first-order valence-corrected chi connectivity index (χ1v) is 34.7. The minimum absolute atomic E-state index is 0.00811. The number of likely N-dealkylation sites (tertiary alicyclic amines) is 1. The van der Waals surface area contributed by atoms with E-state index in [2.05, 4.69) is 16.0 Å². The molecule has 29 heteroatoms. The average molecular weight is 1410 g/mol. The molecule has 3 aliphatic heterocycles. The molecule has 12 amide bonds. The highest BCUT2D eigenvalue weighted by atomic mass is 35.5. The number of carbonyl (C=O) groups excluding carboxylic acids is 12. The number of piperidine rings is 1. The lowest BCUT2D eigenvalue weighted by Gasteiger charge is -2.42. The van der Waals surface area contributed by atoms with Crippen LogP contribution in [-0.2, 0) is 76.6 Å².